The number of nitrogens with one attached hydrogen (secondary N) is 1. The predicted molar refractivity (Wildman–Crippen MR) is 116 cm³/mol. The molecule has 0 saturated carbocycles. The Labute approximate surface area is 180 Å². The van der Waals surface area contributed by atoms with Gasteiger partial charge in [0.25, 0.3) is 5.91 Å². The van der Waals surface area contributed by atoms with Crippen molar-refractivity contribution in [1.29, 1.82) is 0 Å². The van der Waals surface area contributed by atoms with Gasteiger partial charge in [-0.2, -0.15) is 4.98 Å². The third-order valence-corrected chi connectivity index (χ3v) is 4.42. The molecule has 0 atom stereocenters. The molecule has 2 aromatic carbocycles. The van der Waals surface area contributed by atoms with Crippen LogP contribution in [0.3, 0.4) is 0 Å². The fraction of sp³-hybridized carbons (Fsp3) is 0.190. The lowest BCUT2D eigenvalue weighted by atomic mass is 10.3. The van der Waals surface area contributed by atoms with Crippen LogP contribution in [0, 0.1) is 0 Å². The van der Waals surface area contributed by atoms with Crippen LogP contribution in [0.5, 0.6) is 23.1 Å². The second-order valence-electron chi connectivity index (χ2n) is 6.48. The number of anilines is 1. The van der Waals surface area contributed by atoms with Crippen molar-refractivity contribution in [3.05, 3.63) is 66.4 Å². The summed E-state index contributed by atoms with van der Waals surface area (Å²) in [4.78, 5) is 22.5. The average molecular weight is 428 g/mol. The maximum atomic E-state index is 11.8. The van der Waals surface area contributed by atoms with Crippen molar-refractivity contribution >= 4 is 24.3 Å². The first-order valence-corrected chi connectivity index (χ1v) is 9.32. The van der Waals surface area contributed by atoms with Gasteiger partial charge in [-0.05, 0) is 36.4 Å². The topological polar surface area (TPSA) is 103 Å². The third kappa shape index (κ3) is 5.16. The molecular formula is C21H22ClN5O3. The van der Waals surface area contributed by atoms with E-state index in [-0.39, 0.29) is 23.9 Å². The van der Waals surface area contributed by atoms with Crippen molar-refractivity contribution in [2.75, 3.05) is 31.1 Å². The largest absolute Gasteiger partial charge is 0.457 e. The second kappa shape index (κ2) is 9.91. The van der Waals surface area contributed by atoms with E-state index in [1.165, 1.54) is 6.20 Å². The minimum atomic E-state index is -0.643. The smallest absolute Gasteiger partial charge is 0.255 e. The summed E-state index contributed by atoms with van der Waals surface area (Å²) in [5.74, 6) is 1.93. The summed E-state index contributed by atoms with van der Waals surface area (Å²) < 4.78 is 11.6. The summed E-state index contributed by atoms with van der Waals surface area (Å²) in [5.41, 5.74) is 5.60. The number of ether oxygens (including phenoxy) is 2. The minimum absolute atomic E-state index is 0. The van der Waals surface area contributed by atoms with Crippen molar-refractivity contribution in [3.63, 3.8) is 0 Å². The van der Waals surface area contributed by atoms with Gasteiger partial charge in [0.05, 0.1) is 0 Å². The van der Waals surface area contributed by atoms with E-state index in [2.05, 4.69) is 15.3 Å². The van der Waals surface area contributed by atoms with E-state index in [1.54, 1.807) is 24.3 Å². The highest BCUT2D eigenvalue weighted by molar-refractivity contribution is 5.95. The second-order valence-corrected chi connectivity index (χ2v) is 6.48. The van der Waals surface area contributed by atoms with Crippen LogP contribution in [0.1, 0.15) is 10.4 Å². The molecule has 1 aliphatic heterocycles. The number of aromatic nitrogens is 2. The van der Waals surface area contributed by atoms with Crippen molar-refractivity contribution in [2.45, 2.75) is 0 Å². The Morgan fingerprint density at radius 2 is 1.53 bits per heavy atom. The molecule has 1 aliphatic rings. The summed E-state index contributed by atoms with van der Waals surface area (Å²) in [7, 11) is 0. The SMILES string of the molecule is Cl.NC(=O)c1cnc(N2CCNCC2)nc1Oc1ccc(Oc2ccccc2)cc1. The van der Waals surface area contributed by atoms with Gasteiger partial charge in [0.15, 0.2) is 0 Å². The minimum Gasteiger partial charge on any atom is -0.457 e. The van der Waals surface area contributed by atoms with Crippen molar-refractivity contribution in [3.8, 4) is 23.1 Å². The van der Waals surface area contributed by atoms with E-state index >= 15 is 0 Å². The standard InChI is InChI=1S/C21H21N5O3.ClH/c22-19(27)18-14-24-21(26-12-10-23-11-13-26)25-20(18)29-17-8-6-16(7-9-17)28-15-4-2-1-3-5-15;/h1-9,14,23H,10-13H2,(H2,22,27);1H. The van der Waals surface area contributed by atoms with E-state index in [0.29, 0.717) is 17.4 Å². The van der Waals surface area contributed by atoms with Crippen LogP contribution in [-0.2, 0) is 0 Å². The van der Waals surface area contributed by atoms with Gasteiger partial charge >= 0.3 is 0 Å². The third-order valence-electron chi connectivity index (χ3n) is 4.42. The number of para-hydroxylation sites is 1. The van der Waals surface area contributed by atoms with Crippen LogP contribution in [0.2, 0.25) is 0 Å². The number of rotatable bonds is 6. The van der Waals surface area contributed by atoms with Crippen molar-refractivity contribution in [1.82, 2.24) is 15.3 Å². The zero-order chi connectivity index (χ0) is 20.1. The number of hydrogen-bond donors (Lipinski definition) is 2. The molecule has 0 unspecified atom stereocenters. The molecule has 0 aliphatic carbocycles. The Bertz CT molecular complexity index is 980. The lowest BCUT2D eigenvalue weighted by Crippen LogP contribution is -2.44. The monoisotopic (exact) mass is 427 g/mol. The van der Waals surface area contributed by atoms with Gasteiger partial charge < -0.3 is 25.4 Å². The average Bonchev–Trinajstić information content (AvgIpc) is 2.76. The number of carbonyl (C=O) groups excluding carboxylic acids is 1. The van der Waals surface area contributed by atoms with Gasteiger partial charge in [-0.1, -0.05) is 18.2 Å². The lowest BCUT2D eigenvalue weighted by Gasteiger charge is -2.27. The number of halogens is 1. The molecule has 4 rings (SSSR count). The molecule has 1 amide bonds. The van der Waals surface area contributed by atoms with Crippen molar-refractivity contribution in [2.24, 2.45) is 5.73 Å². The zero-order valence-electron chi connectivity index (χ0n) is 16.2. The van der Waals surface area contributed by atoms with Crippen LogP contribution in [0.25, 0.3) is 0 Å². The van der Waals surface area contributed by atoms with Crippen LogP contribution in [0.15, 0.2) is 60.8 Å². The number of hydrogen-bond acceptors (Lipinski definition) is 7. The number of amides is 1. The maximum absolute atomic E-state index is 11.8. The molecule has 0 radical (unpaired) electrons. The highest BCUT2D eigenvalue weighted by Crippen LogP contribution is 2.28. The first-order chi connectivity index (χ1) is 14.2. The van der Waals surface area contributed by atoms with E-state index in [0.717, 1.165) is 31.9 Å². The molecule has 1 aromatic heterocycles. The zero-order valence-corrected chi connectivity index (χ0v) is 17.0. The molecular weight excluding hydrogens is 406 g/mol. The Kier molecular flexibility index (Phi) is 7.05. The Balaban J connectivity index is 0.00000256. The van der Waals surface area contributed by atoms with Gasteiger partial charge in [-0.15, -0.1) is 12.4 Å². The van der Waals surface area contributed by atoms with Crippen LogP contribution >= 0.6 is 12.4 Å². The van der Waals surface area contributed by atoms with E-state index in [1.807, 2.05) is 35.2 Å². The highest BCUT2D eigenvalue weighted by Gasteiger charge is 2.19. The summed E-state index contributed by atoms with van der Waals surface area (Å²) >= 11 is 0. The Morgan fingerprint density at radius 3 is 2.17 bits per heavy atom. The molecule has 3 aromatic rings. The van der Waals surface area contributed by atoms with Gasteiger partial charge in [0, 0.05) is 32.4 Å². The van der Waals surface area contributed by atoms with Crippen LogP contribution in [0.4, 0.5) is 5.95 Å². The Hall–Kier alpha value is -3.36. The van der Waals surface area contributed by atoms with E-state index in [9.17, 15) is 4.79 Å². The van der Waals surface area contributed by atoms with Gasteiger partial charge in [0.1, 0.15) is 22.8 Å². The first-order valence-electron chi connectivity index (χ1n) is 9.32. The first kappa shape index (κ1) is 21.4. The molecule has 0 bridgehead atoms. The van der Waals surface area contributed by atoms with Gasteiger partial charge in [-0.3, -0.25) is 4.79 Å². The quantitative estimate of drug-likeness (QED) is 0.623. The fourth-order valence-corrected chi connectivity index (χ4v) is 2.93. The van der Waals surface area contributed by atoms with E-state index in [4.69, 9.17) is 15.2 Å². The predicted octanol–water partition coefficient (Wildman–Crippen LogP) is 2.99. The normalized spacial score (nSPS) is 13.3. The highest BCUT2D eigenvalue weighted by atomic mass is 35.5. The van der Waals surface area contributed by atoms with Gasteiger partial charge in [-0.25, -0.2) is 4.98 Å². The van der Waals surface area contributed by atoms with Crippen LogP contribution < -0.4 is 25.4 Å². The molecule has 156 valence electrons. The molecule has 3 N–H and O–H groups in total. The number of benzene rings is 2. The molecule has 2 heterocycles. The summed E-state index contributed by atoms with van der Waals surface area (Å²) in [5, 5.41) is 3.28. The number of nitrogens with zero attached hydrogens (tertiary/aromatic N) is 3. The number of nitrogens with two attached hydrogens (primary N) is 1. The molecule has 30 heavy (non-hydrogen) atoms. The summed E-state index contributed by atoms with van der Waals surface area (Å²) in [6.07, 6.45) is 1.41. The summed E-state index contributed by atoms with van der Waals surface area (Å²) in [6, 6.07) is 16.5. The molecule has 8 nitrogen and oxygen atoms in total. The molecule has 1 fully saturated rings. The number of carbonyl (C=O) groups is 1. The van der Waals surface area contributed by atoms with Crippen molar-refractivity contribution < 1.29 is 14.3 Å². The van der Waals surface area contributed by atoms with Crippen LogP contribution in [-0.4, -0.2) is 42.1 Å². The maximum Gasteiger partial charge on any atom is 0.255 e. The van der Waals surface area contributed by atoms with Gasteiger partial charge in [0.2, 0.25) is 11.8 Å². The lowest BCUT2D eigenvalue weighted by molar-refractivity contribution is 0.0997. The molecule has 9 heteroatoms. The van der Waals surface area contributed by atoms with E-state index < -0.39 is 5.91 Å². The Morgan fingerprint density at radius 1 is 0.933 bits per heavy atom. The fourth-order valence-electron chi connectivity index (χ4n) is 2.93. The summed E-state index contributed by atoms with van der Waals surface area (Å²) in [6.45, 7) is 3.25. The number of piperazine rings is 1. The molecule has 0 spiro atoms. The number of primary amides is 1. The molecule has 1 saturated heterocycles.